The Morgan fingerprint density at radius 3 is 2.73 bits per heavy atom. The Labute approximate surface area is 151 Å². The first-order valence-corrected chi connectivity index (χ1v) is 8.15. The van der Waals surface area contributed by atoms with Crippen LogP contribution in [-0.4, -0.2) is 28.9 Å². The van der Waals surface area contributed by atoms with Crippen LogP contribution in [0.3, 0.4) is 0 Å². The Kier molecular flexibility index (Phi) is 4.88. The zero-order valence-corrected chi connectivity index (χ0v) is 14.9. The first-order valence-electron chi connectivity index (χ1n) is 8.15. The van der Waals surface area contributed by atoms with Crippen molar-refractivity contribution in [2.24, 2.45) is 0 Å². The summed E-state index contributed by atoms with van der Waals surface area (Å²) < 4.78 is 6.44. The van der Waals surface area contributed by atoms with Gasteiger partial charge in [-0.3, -0.25) is 14.5 Å². The number of nitrogens with zero attached hydrogens (tertiary/aromatic N) is 2. The smallest absolute Gasteiger partial charge is 0.411 e. The number of benzene rings is 1. The molecule has 0 bridgehead atoms. The molecule has 2 N–H and O–H groups in total. The molecule has 0 aliphatic heterocycles. The standard InChI is InChI=1S/C19H20N4O3/c1-12-6-4-7-15(22-19(25)26-3)14(12)10-20-16-8-5-9-23-17(11-24)13(2)21-18(16)23/h4-9,11,20H,10H2,1-3H3,(H,22,25). The highest BCUT2D eigenvalue weighted by Gasteiger charge is 2.13. The maximum absolute atomic E-state index is 11.6. The Balaban J connectivity index is 1.92. The van der Waals surface area contributed by atoms with Gasteiger partial charge in [0.1, 0.15) is 5.69 Å². The fourth-order valence-electron chi connectivity index (χ4n) is 2.88. The lowest BCUT2D eigenvalue weighted by atomic mass is 10.1. The Morgan fingerprint density at radius 2 is 2.00 bits per heavy atom. The normalized spacial score (nSPS) is 10.6. The number of aromatic nitrogens is 2. The second-order valence-electron chi connectivity index (χ2n) is 5.89. The predicted molar refractivity (Wildman–Crippen MR) is 99.8 cm³/mol. The van der Waals surface area contributed by atoms with Gasteiger partial charge in [0.15, 0.2) is 11.9 Å². The minimum atomic E-state index is -0.515. The highest BCUT2D eigenvalue weighted by molar-refractivity contribution is 5.86. The van der Waals surface area contributed by atoms with Gasteiger partial charge in [-0.15, -0.1) is 0 Å². The van der Waals surface area contributed by atoms with E-state index in [1.54, 1.807) is 11.3 Å². The molecule has 1 amide bonds. The van der Waals surface area contributed by atoms with Crippen molar-refractivity contribution in [2.45, 2.75) is 20.4 Å². The molecule has 0 atom stereocenters. The molecule has 3 aromatic rings. The Bertz CT molecular complexity index is 978. The Hall–Kier alpha value is -3.35. The second-order valence-corrected chi connectivity index (χ2v) is 5.89. The summed E-state index contributed by atoms with van der Waals surface area (Å²) >= 11 is 0. The van der Waals surface area contributed by atoms with Crippen LogP contribution < -0.4 is 10.6 Å². The van der Waals surface area contributed by atoms with E-state index >= 15 is 0 Å². The molecule has 26 heavy (non-hydrogen) atoms. The zero-order chi connectivity index (χ0) is 18.7. The second kappa shape index (κ2) is 7.26. The number of pyridine rings is 1. The van der Waals surface area contributed by atoms with E-state index in [1.165, 1.54) is 7.11 Å². The van der Waals surface area contributed by atoms with E-state index in [2.05, 4.69) is 20.4 Å². The number of aldehydes is 1. The Morgan fingerprint density at radius 1 is 1.23 bits per heavy atom. The molecule has 2 aromatic heterocycles. The molecular weight excluding hydrogens is 332 g/mol. The van der Waals surface area contributed by atoms with Crippen molar-refractivity contribution in [2.75, 3.05) is 17.7 Å². The fraction of sp³-hybridized carbons (Fsp3) is 0.211. The van der Waals surface area contributed by atoms with E-state index in [9.17, 15) is 9.59 Å². The van der Waals surface area contributed by atoms with Crippen molar-refractivity contribution in [3.8, 4) is 0 Å². The molecule has 1 aromatic carbocycles. The van der Waals surface area contributed by atoms with Gasteiger partial charge in [-0.05, 0) is 43.2 Å². The highest BCUT2D eigenvalue weighted by Crippen LogP contribution is 2.24. The highest BCUT2D eigenvalue weighted by atomic mass is 16.5. The summed E-state index contributed by atoms with van der Waals surface area (Å²) in [6.07, 6.45) is 2.10. The molecule has 0 aliphatic carbocycles. The van der Waals surface area contributed by atoms with Gasteiger partial charge in [-0.1, -0.05) is 12.1 Å². The monoisotopic (exact) mass is 352 g/mol. The molecule has 2 heterocycles. The fourth-order valence-corrected chi connectivity index (χ4v) is 2.88. The van der Waals surface area contributed by atoms with Crippen LogP contribution in [0.1, 0.15) is 27.3 Å². The summed E-state index contributed by atoms with van der Waals surface area (Å²) in [6, 6.07) is 9.44. The molecule has 0 saturated heterocycles. The summed E-state index contributed by atoms with van der Waals surface area (Å²) in [5.41, 5.74) is 5.36. The topological polar surface area (TPSA) is 84.7 Å². The van der Waals surface area contributed by atoms with Crippen molar-refractivity contribution in [1.82, 2.24) is 9.38 Å². The van der Waals surface area contributed by atoms with E-state index in [4.69, 9.17) is 0 Å². The molecule has 0 saturated carbocycles. The van der Waals surface area contributed by atoms with Crippen molar-refractivity contribution >= 4 is 29.4 Å². The molecule has 0 spiro atoms. The van der Waals surface area contributed by atoms with Crippen LogP contribution in [0.4, 0.5) is 16.2 Å². The lowest BCUT2D eigenvalue weighted by molar-refractivity contribution is 0.111. The number of carbonyl (C=O) groups excluding carboxylic acids is 2. The zero-order valence-electron chi connectivity index (χ0n) is 14.9. The summed E-state index contributed by atoms with van der Waals surface area (Å²) in [5, 5.41) is 6.08. The third-order valence-electron chi connectivity index (χ3n) is 4.27. The van der Waals surface area contributed by atoms with Crippen LogP contribution in [0.5, 0.6) is 0 Å². The van der Waals surface area contributed by atoms with Gasteiger partial charge < -0.3 is 10.1 Å². The molecule has 0 aliphatic rings. The number of ether oxygens (including phenoxy) is 1. The summed E-state index contributed by atoms with van der Waals surface area (Å²) in [6.45, 7) is 4.26. The van der Waals surface area contributed by atoms with Crippen molar-refractivity contribution < 1.29 is 14.3 Å². The number of hydrogen-bond acceptors (Lipinski definition) is 5. The number of rotatable bonds is 5. The van der Waals surface area contributed by atoms with E-state index in [0.29, 0.717) is 29.3 Å². The van der Waals surface area contributed by atoms with Gasteiger partial charge in [-0.2, -0.15) is 0 Å². The third-order valence-corrected chi connectivity index (χ3v) is 4.27. The average Bonchev–Trinajstić information content (AvgIpc) is 2.96. The number of aryl methyl sites for hydroxylation is 2. The number of amides is 1. The quantitative estimate of drug-likeness (QED) is 0.686. The van der Waals surface area contributed by atoms with Crippen LogP contribution in [0.2, 0.25) is 0 Å². The first kappa shape index (κ1) is 17.5. The SMILES string of the molecule is COC(=O)Nc1cccc(C)c1CNc1cccn2c(C=O)c(C)nc12. The van der Waals surface area contributed by atoms with Gasteiger partial charge in [-0.25, -0.2) is 9.78 Å². The summed E-state index contributed by atoms with van der Waals surface area (Å²) in [7, 11) is 1.33. The first-order chi connectivity index (χ1) is 12.5. The maximum atomic E-state index is 11.6. The van der Waals surface area contributed by atoms with Gasteiger partial charge in [0.05, 0.1) is 18.5 Å². The predicted octanol–water partition coefficient (Wildman–Crippen LogP) is 3.55. The largest absolute Gasteiger partial charge is 0.453 e. The van der Waals surface area contributed by atoms with E-state index in [-0.39, 0.29) is 0 Å². The van der Waals surface area contributed by atoms with Crippen LogP contribution in [0, 0.1) is 13.8 Å². The summed E-state index contributed by atoms with van der Waals surface area (Å²) in [5.74, 6) is 0. The minimum Gasteiger partial charge on any atom is -0.453 e. The molecule has 0 fully saturated rings. The number of hydrogen-bond donors (Lipinski definition) is 2. The van der Waals surface area contributed by atoms with Crippen molar-refractivity contribution in [3.63, 3.8) is 0 Å². The van der Waals surface area contributed by atoms with Gasteiger partial charge in [0, 0.05) is 18.4 Å². The molecule has 7 heteroatoms. The van der Waals surface area contributed by atoms with E-state index in [1.807, 2.05) is 43.5 Å². The maximum Gasteiger partial charge on any atom is 0.411 e. The average molecular weight is 352 g/mol. The molecule has 3 rings (SSSR count). The number of anilines is 2. The lowest BCUT2D eigenvalue weighted by Crippen LogP contribution is -2.14. The van der Waals surface area contributed by atoms with Crippen molar-refractivity contribution in [1.29, 1.82) is 0 Å². The van der Waals surface area contributed by atoms with Gasteiger partial charge >= 0.3 is 6.09 Å². The number of carbonyl (C=O) groups is 2. The van der Waals surface area contributed by atoms with Crippen LogP contribution in [0.25, 0.3) is 5.65 Å². The van der Waals surface area contributed by atoms with Crippen LogP contribution >= 0.6 is 0 Å². The number of nitrogens with one attached hydrogen (secondary N) is 2. The molecule has 134 valence electrons. The molecule has 7 nitrogen and oxygen atoms in total. The van der Waals surface area contributed by atoms with Crippen molar-refractivity contribution in [3.05, 3.63) is 59.0 Å². The molecule has 0 radical (unpaired) electrons. The van der Waals surface area contributed by atoms with Gasteiger partial charge in [0.25, 0.3) is 0 Å². The molecular formula is C19H20N4O3. The molecule has 0 unspecified atom stereocenters. The minimum absolute atomic E-state index is 0.480. The number of imidazole rings is 1. The van der Waals surface area contributed by atoms with Crippen LogP contribution in [0.15, 0.2) is 36.5 Å². The third kappa shape index (κ3) is 3.23. The number of fused-ring (bicyclic) bond motifs is 1. The van der Waals surface area contributed by atoms with E-state index in [0.717, 1.165) is 23.1 Å². The van der Waals surface area contributed by atoms with E-state index < -0.39 is 6.09 Å². The number of methoxy groups -OCH3 is 1. The van der Waals surface area contributed by atoms with Gasteiger partial charge in [0.2, 0.25) is 0 Å². The van der Waals surface area contributed by atoms with Crippen LogP contribution in [-0.2, 0) is 11.3 Å². The summed E-state index contributed by atoms with van der Waals surface area (Å²) in [4.78, 5) is 27.3. The lowest BCUT2D eigenvalue weighted by Gasteiger charge is -2.15.